The summed E-state index contributed by atoms with van der Waals surface area (Å²) in [5.41, 5.74) is 6.67. The summed E-state index contributed by atoms with van der Waals surface area (Å²) in [5.74, 6) is 6.74. The molecule has 2 saturated heterocycles. The zero-order chi connectivity index (χ0) is 27.5. The summed E-state index contributed by atoms with van der Waals surface area (Å²) in [6.07, 6.45) is 1.84. The van der Waals surface area contributed by atoms with E-state index < -0.39 is 30.4 Å². The van der Waals surface area contributed by atoms with Gasteiger partial charge in [-0.2, -0.15) is 0 Å². The van der Waals surface area contributed by atoms with Crippen molar-refractivity contribution in [3.63, 3.8) is 0 Å². The number of aliphatic hydroxyl groups excluding tert-OH is 2. The van der Waals surface area contributed by atoms with Gasteiger partial charge in [0.15, 0.2) is 23.8 Å². The number of aliphatic hydroxyl groups is 2. The molecule has 0 aromatic carbocycles. The molecule has 2 amide bonds. The highest BCUT2D eigenvalue weighted by atomic mass is 16.6. The van der Waals surface area contributed by atoms with Crippen molar-refractivity contribution < 1.29 is 29.3 Å². The number of piperidine rings is 1. The quantitative estimate of drug-likeness (QED) is 0.378. The Hall–Kier alpha value is -3.47. The fourth-order valence-corrected chi connectivity index (χ4v) is 5.10. The van der Waals surface area contributed by atoms with Crippen LogP contribution in [-0.2, 0) is 14.3 Å². The Labute approximate surface area is 226 Å². The van der Waals surface area contributed by atoms with Crippen molar-refractivity contribution in [2.24, 2.45) is 11.8 Å². The Bertz CT molecular complexity index is 1260. The van der Waals surface area contributed by atoms with Crippen LogP contribution in [0.5, 0.6) is 0 Å². The molecular weight excluding hydrogens is 506 g/mol. The zero-order valence-corrected chi connectivity index (χ0v) is 22.0. The highest BCUT2D eigenvalue weighted by Crippen LogP contribution is 2.32. The Morgan fingerprint density at radius 3 is 2.64 bits per heavy atom. The van der Waals surface area contributed by atoms with Crippen molar-refractivity contribution >= 4 is 29.0 Å². The molecule has 13 heteroatoms. The van der Waals surface area contributed by atoms with Crippen LogP contribution in [0, 0.1) is 23.7 Å². The van der Waals surface area contributed by atoms with Crippen LogP contribution in [0.2, 0.25) is 0 Å². The van der Waals surface area contributed by atoms with Crippen LogP contribution >= 0.6 is 0 Å². The normalized spacial score (nSPS) is 25.7. The molecule has 2 aromatic rings. The van der Waals surface area contributed by atoms with Gasteiger partial charge in [0.1, 0.15) is 17.7 Å². The predicted octanol–water partition coefficient (Wildman–Crippen LogP) is 0.554. The minimum absolute atomic E-state index is 0.116. The first-order chi connectivity index (χ1) is 18.9. The summed E-state index contributed by atoms with van der Waals surface area (Å²) >= 11 is 0. The summed E-state index contributed by atoms with van der Waals surface area (Å²) < 4.78 is 12.6. The topological polar surface area (TPSA) is 178 Å². The van der Waals surface area contributed by atoms with E-state index in [1.54, 1.807) is 11.8 Å². The van der Waals surface area contributed by atoms with E-state index in [9.17, 15) is 19.8 Å². The standard InChI is InChI=1S/C26H35N7O6/c1-2-28-24(36)21-19(34)20(35)25(39-21)33-14-29-18-22(27)30-17(31-23(18)33)8-4-5-15-9-11-32(12-10-15)26(37)38-13-16-6-3-7-16/h14-16,19-21,25,34-35H,2-3,5-7,9-13H2,1H3,(H,28,36)(H2,27,30,31)/t19-,20+,21-,25+/m0/s1. The molecule has 0 unspecified atom stereocenters. The molecule has 2 aliphatic heterocycles. The lowest BCUT2D eigenvalue weighted by atomic mass is 9.86. The van der Waals surface area contributed by atoms with Gasteiger partial charge in [0.25, 0.3) is 5.91 Å². The zero-order valence-electron chi connectivity index (χ0n) is 22.0. The SMILES string of the molecule is CCNC(=O)[C@H]1O[C@@H](n2cnc3c(N)nc(C#CCC4CCN(C(=O)OCC5CCC5)CC4)nc32)[C@H](O)[C@@H]1O. The number of ether oxygens (including phenoxy) is 2. The third kappa shape index (κ3) is 5.78. The van der Waals surface area contributed by atoms with E-state index in [-0.39, 0.29) is 23.4 Å². The molecular formula is C26H35N7O6. The van der Waals surface area contributed by atoms with Crippen LogP contribution in [0.4, 0.5) is 10.6 Å². The Morgan fingerprint density at radius 2 is 1.95 bits per heavy atom. The maximum absolute atomic E-state index is 12.3. The number of carbonyl (C=O) groups is 2. The van der Waals surface area contributed by atoms with E-state index in [4.69, 9.17) is 15.2 Å². The number of nitrogens with one attached hydrogen (secondary N) is 1. The number of fused-ring (bicyclic) bond motifs is 1. The minimum Gasteiger partial charge on any atom is -0.449 e. The van der Waals surface area contributed by atoms with Crippen molar-refractivity contribution in [3.8, 4) is 11.8 Å². The lowest BCUT2D eigenvalue weighted by Crippen LogP contribution is -2.42. The van der Waals surface area contributed by atoms with Crippen LogP contribution < -0.4 is 11.1 Å². The van der Waals surface area contributed by atoms with Gasteiger partial charge >= 0.3 is 6.09 Å². The number of aromatic nitrogens is 4. The molecule has 5 rings (SSSR count). The maximum Gasteiger partial charge on any atom is 0.409 e. The second kappa shape index (κ2) is 11.7. The van der Waals surface area contributed by atoms with Crippen LogP contribution in [-0.4, -0.2) is 91.2 Å². The van der Waals surface area contributed by atoms with Gasteiger partial charge < -0.3 is 35.6 Å². The van der Waals surface area contributed by atoms with E-state index in [0.717, 1.165) is 25.7 Å². The van der Waals surface area contributed by atoms with Crippen LogP contribution in [0.3, 0.4) is 0 Å². The number of hydrogen-bond donors (Lipinski definition) is 4. The molecule has 0 bridgehead atoms. The Balaban J connectivity index is 1.21. The average molecular weight is 542 g/mol. The van der Waals surface area contributed by atoms with Crippen LogP contribution in [0.25, 0.3) is 11.2 Å². The van der Waals surface area contributed by atoms with Gasteiger partial charge in [-0.05, 0) is 50.4 Å². The molecule has 0 radical (unpaired) electrons. The Kier molecular flexibility index (Phi) is 8.15. The number of nitrogen functional groups attached to an aromatic ring is 1. The number of nitrogens with two attached hydrogens (primary N) is 1. The number of amides is 2. The lowest BCUT2D eigenvalue weighted by molar-refractivity contribution is -0.137. The highest BCUT2D eigenvalue weighted by molar-refractivity contribution is 5.83. The average Bonchev–Trinajstić information content (AvgIpc) is 3.44. The molecule has 1 saturated carbocycles. The maximum atomic E-state index is 12.3. The van der Waals surface area contributed by atoms with Gasteiger partial charge in [-0.3, -0.25) is 9.36 Å². The van der Waals surface area contributed by atoms with Crippen LogP contribution in [0.1, 0.15) is 57.5 Å². The molecule has 0 spiro atoms. The first-order valence-corrected chi connectivity index (χ1v) is 13.6. The third-order valence-electron chi connectivity index (χ3n) is 7.70. The van der Waals surface area contributed by atoms with Crippen molar-refractivity contribution in [1.82, 2.24) is 29.7 Å². The summed E-state index contributed by atoms with van der Waals surface area (Å²) in [6.45, 7) is 3.93. The fraction of sp³-hybridized carbons (Fsp3) is 0.654. The van der Waals surface area contributed by atoms with E-state index in [0.29, 0.717) is 50.0 Å². The molecule has 4 heterocycles. The van der Waals surface area contributed by atoms with Crippen molar-refractivity contribution in [2.45, 2.75) is 70.0 Å². The summed E-state index contributed by atoms with van der Waals surface area (Å²) in [7, 11) is 0. The lowest BCUT2D eigenvalue weighted by Gasteiger charge is -2.32. The van der Waals surface area contributed by atoms with Gasteiger partial charge in [0.2, 0.25) is 5.82 Å². The number of anilines is 1. The number of hydrogen-bond acceptors (Lipinski definition) is 10. The van der Waals surface area contributed by atoms with E-state index in [1.807, 2.05) is 0 Å². The van der Waals surface area contributed by atoms with E-state index >= 15 is 0 Å². The molecule has 4 atom stereocenters. The first-order valence-electron chi connectivity index (χ1n) is 13.6. The smallest absolute Gasteiger partial charge is 0.409 e. The van der Waals surface area contributed by atoms with E-state index in [2.05, 4.69) is 32.1 Å². The second-order valence-corrected chi connectivity index (χ2v) is 10.4. The number of carbonyl (C=O) groups excluding carboxylic acids is 2. The van der Waals surface area contributed by atoms with E-state index in [1.165, 1.54) is 17.3 Å². The molecule has 1 aliphatic carbocycles. The minimum atomic E-state index is -1.42. The third-order valence-corrected chi connectivity index (χ3v) is 7.70. The molecule has 210 valence electrons. The first kappa shape index (κ1) is 27.1. The highest BCUT2D eigenvalue weighted by Gasteiger charge is 2.47. The van der Waals surface area contributed by atoms with Crippen molar-refractivity contribution in [2.75, 3.05) is 32.0 Å². The number of rotatable bonds is 6. The van der Waals surface area contributed by atoms with Gasteiger partial charge in [0, 0.05) is 26.1 Å². The number of nitrogens with zero attached hydrogens (tertiary/aromatic N) is 5. The summed E-state index contributed by atoms with van der Waals surface area (Å²) in [5, 5.41) is 23.5. The molecule has 3 fully saturated rings. The van der Waals surface area contributed by atoms with Gasteiger partial charge in [-0.1, -0.05) is 12.3 Å². The molecule has 3 aliphatic rings. The summed E-state index contributed by atoms with van der Waals surface area (Å²) in [4.78, 5) is 39.2. The number of likely N-dealkylation sites (tertiary alicyclic amines) is 1. The van der Waals surface area contributed by atoms with Gasteiger partial charge in [-0.25, -0.2) is 19.7 Å². The summed E-state index contributed by atoms with van der Waals surface area (Å²) in [6, 6.07) is 0. The van der Waals surface area contributed by atoms with Crippen LogP contribution in [0.15, 0.2) is 6.33 Å². The number of likely N-dealkylation sites (N-methyl/N-ethyl adjacent to an activating group) is 1. The molecule has 13 nitrogen and oxygen atoms in total. The van der Waals surface area contributed by atoms with Gasteiger partial charge in [-0.15, -0.1) is 0 Å². The second-order valence-electron chi connectivity index (χ2n) is 10.4. The Morgan fingerprint density at radius 1 is 1.18 bits per heavy atom. The molecule has 5 N–H and O–H groups in total. The largest absolute Gasteiger partial charge is 0.449 e. The predicted molar refractivity (Wildman–Crippen MR) is 139 cm³/mol. The molecule has 2 aromatic heterocycles. The van der Waals surface area contributed by atoms with Crippen molar-refractivity contribution in [1.29, 1.82) is 0 Å². The van der Waals surface area contributed by atoms with Gasteiger partial charge in [0.05, 0.1) is 12.9 Å². The number of imidazole rings is 1. The fourth-order valence-electron chi connectivity index (χ4n) is 5.10. The van der Waals surface area contributed by atoms with Crippen molar-refractivity contribution in [3.05, 3.63) is 12.2 Å². The monoisotopic (exact) mass is 541 g/mol. The molecule has 39 heavy (non-hydrogen) atoms.